The molecule has 14 heavy (non-hydrogen) atoms. The van der Waals surface area contributed by atoms with Crippen LogP contribution in [-0.4, -0.2) is 11.2 Å². The highest BCUT2D eigenvalue weighted by atomic mass is 35.5. The van der Waals surface area contributed by atoms with Gasteiger partial charge in [-0.1, -0.05) is 38.5 Å². The van der Waals surface area contributed by atoms with E-state index in [0.29, 0.717) is 17.6 Å². The summed E-state index contributed by atoms with van der Waals surface area (Å²) in [6.07, 6.45) is 10.2. The molecule has 0 N–H and O–H groups in total. The molecule has 0 heterocycles. The van der Waals surface area contributed by atoms with Gasteiger partial charge in [0, 0.05) is 5.92 Å². The number of carbonyl (C=O) groups is 1. The second-order valence-corrected chi connectivity index (χ2v) is 5.24. The van der Waals surface area contributed by atoms with Crippen LogP contribution in [0, 0.1) is 11.8 Å². The van der Waals surface area contributed by atoms with Crippen molar-refractivity contribution in [1.82, 2.24) is 0 Å². The first-order valence-electron chi connectivity index (χ1n) is 5.98. The predicted octanol–water partition coefficient (Wildman–Crippen LogP) is 3.54. The molecular weight excluding hydrogens is 196 g/mol. The molecule has 2 rings (SSSR count). The zero-order valence-corrected chi connectivity index (χ0v) is 9.43. The van der Waals surface area contributed by atoms with E-state index in [1.165, 1.54) is 44.9 Å². The number of hydrogen-bond acceptors (Lipinski definition) is 1. The van der Waals surface area contributed by atoms with Crippen molar-refractivity contribution in [2.24, 2.45) is 11.8 Å². The minimum atomic E-state index is -0.139. The third-order valence-electron chi connectivity index (χ3n) is 3.83. The summed E-state index contributed by atoms with van der Waals surface area (Å²) in [7, 11) is 0. The maximum absolute atomic E-state index is 11.5. The lowest BCUT2D eigenvalue weighted by Gasteiger charge is -2.40. The molecule has 0 aromatic rings. The predicted molar refractivity (Wildman–Crippen MR) is 58.6 cm³/mol. The molecule has 2 saturated carbocycles. The van der Waals surface area contributed by atoms with Gasteiger partial charge in [0.25, 0.3) is 0 Å². The molecule has 0 aromatic heterocycles. The van der Waals surface area contributed by atoms with E-state index in [0.717, 1.165) is 6.42 Å². The second kappa shape index (κ2) is 4.65. The Kier molecular flexibility index (Phi) is 3.48. The molecule has 2 heteroatoms. The summed E-state index contributed by atoms with van der Waals surface area (Å²) >= 11 is 6.04. The van der Waals surface area contributed by atoms with Crippen LogP contribution in [0.5, 0.6) is 0 Å². The van der Waals surface area contributed by atoms with Crippen molar-refractivity contribution in [2.75, 3.05) is 0 Å². The minimum Gasteiger partial charge on any atom is -0.298 e. The molecule has 3 atom stereocenters. The lowest BCUT2D eigenvalue weighted by atomic mass is 9.67. The normalized spacial score (nSPS) is 39.8. The van der Waals surface area contributed by atoms with Gasteiger partial charge in [-0.3, -0.25) is 4.79 Å². The average molecular weight is 215 g/mol. The van der Waals surface area contributed by atoms with Crippen molar-refractivity contribution in [3.05, 3.63) is 0 Å². The lowest BCUT2D eigenvalue weighted by molar-refractivity contribution is -0.134. The van der Waals surface area contributed by atoms with Crippen molar-refractivity contribution in [2.45, 2.75) is 56.7 Å². The first-order valence-corrected chi connectivity index (χ1v) is 6.42. The average Bonchev–Trinajstić information content (AvgIpc) is 2.23. The molecule has 1 nitrogen and oxygen atoms in total. The smallest absolute Gasteiger partial charge is 0.154 e. The third kappa shape index (κ3) is 1.98. The SMILES string of the molecule is O=C1[C@H]2CCCCCCCC[C@H]2[C@H]1Cl. The second-order valence-electron chi connectivity index (χ2n) is 4.77. The summed E-state index contributed by atoms with van der Waals surface area (Å²) in [4.78, 5) is 11.5. The Morgan fingerprint density at radius 3 is 2.21 bits per heavy atom. The molecular formula is C12H19ClO. The molecule has 0 amide bonds. The zero-order chi connectivity index (χ0) is 9.97. The third-order valence-corrected chi connectivity index (χ3v) is 4.37. The number of rotatable bonds is 0. The molecule has 0 bridgehead atoms. The van der Waals surface area contributed by atoms with Gasteiger partial charge in [0.15, 0.2) is 5.78 Å². The van der Waals surface area contributed by atoms with Crippen LogP contribution in [-0.2, 0) is 4.79 Å². The van der Waals surface area contributed by atoms with Crippen molar-refractivity contribution in [3.8, 4) is 0 Å². The van der Waals surface area contributed by atoms with Gasteiger partial charge in [-0.05, 0) is 18.8 Å². The highest BCUT2D eigenvalue weighted by molar-refractivity contribution is 6.34. The van der Waals surface area contributed by atoms with Crippen LogP contribution in [0.4, 0.5) is 0 Å². The fourth-order valence-electron chi connectivity index (χ4n) is 2.87. The number of Topliss-reactive ketones (excluding diaryl/α,β-unsaturated/α-hetero) is 1. The van der Waals surface area contributed by atoms with Gasteiger partial charge in [0.1, 0.15) is 0 Å². The first kappa shape index (κ1) is 10.5. The number of carbonyl (C=O) groups excluding carboxylic acids is 1. The number of hydrogen-bond donors (Lipinski definition) is 0. The molecule has 0 spiro atoms. The van der Waals surface area contributed by atoms with E-state index in [2.05, 4.69) is 0 Å². The molecule has 0 saturated heterocycles. The maximum Gasteiger partial charge on any atom is 0.154 e. The summed E-state index contributed by atoms with van der Waals surface area (Å²) in [5.74, 6) is 1.18. The van der Waals surface area contributed by atoms with E-state index in [4.69, 9.17) is 11.6 Å². The van der Waals surface area contributed by atoms with E-state index in [-0.39, 0.29) is 5.38 Å². The Bertz CT molecular complexity index is 214. The van der Waals surface area contributed by atoms with Crippen molar-refractivity contribution < 1.29 is 4.79 Å². The monoisotopic (exact) mass is 214 g/mol. The lowest BCUT2D eigenvalue weighted by Crippen LogP contribution is -2.48. The fourth-order valence-corrected chi connectivity index (χ4v) is 3.33. The summed E-state index contributed by atoms with van der Waals surface area (Å²) in [5, 5.41) is -0.139. The molecule has 0 aliphatic heterocycles. The van der Waals surface area contributed by atoms with Crippen LogP contribution in [0.15, 0.2) is 0 Å². The maximum atomic E-state index is 11.5. The van der Waals surface area contributed by atoms with Crippen molar-refractivity contribution in [3.63, 3.8) is 0 Å². The van der Waals surface area contributed by atoms with E-state index in [1.807, 2.05) is 0 Å². The Balaban J connectivity index is 1.90. The molecule has 2 aliphatic carbocycles. The van der Waals surface area contributed by atoms with Gasteiger partial charge in [0.2, 0.25) is 0 Å². The zero-order valence-electron chi connectivity index (χ0n) is 8.68. The van der Waals surface area contributed by atoms with Gasteiger partial charge in [-0.2, -0.15) is 0 Å². The minimum absolute atomic E-state index is 0.139. The summed E-state index contributed by atoms with van der Waals surface area (Å²) in [6.45, 7) is 0. The van der Waals surface area contributed by atoms with Crippen LogP contribution < -0.4 is 0 Å². The molecule has 0 unspecified atom stereocenters. The molecule has 0 radical (unpaired) electrons. The molecule has 80 valence electrons. The summed E-state index contributed by atoms with van der Waals surface area (Å²) in [6, 6.07) is 0. The highest BCUT2D eigenvalue weighted by Gasteiger charge is 2.47. The van der Waals surface area contributed by atoms with Gasteiger partial charge in [-0.25, -0.2) is 0 Å². The topological polar surface area (TPSA) is 17.1 Å². The molecule has 2 aliphatic rings. The van der Waals surface area contributed by atoms with Gasteiger partial charge in [-0.15, -0.1) is 11.6 Å². The first-order chi connectivity index (χ1) is 6.80. The standard InChI is InChI=1S/C12H19ClO/c13-11-9-7-5-3-1-2-4-6-8-10(9)12(11)14/h9-11H,1-8H2/t9-,10+,11-/m1/s1. The van der Waals surface area contributed by atoms with Crippen LogP contribution >= 0.6 is 11.6 Å². The van der Waals surface area contributed by atoms with Crippen LogP contribution in [0.2, 0.25) is 0 Å². The van der Waals surface area contributed by atoms with Gasteiger partial charge >= 0.3 is 0 Å². The molecule has 2 fully saturated rings. The van der Waals surface area contributed by atoms with Crippen LogP contribution in [0.1, 0.15) is 51.4 Å². The Hall–Kier alpha value is -0.0400. The van der Waals surface area contributed by atoms with Gasteiger partial charge in [0.05, 0.1) is 5.38 Å². The summed E-state index contributed by atoms with van der Waals surface area (Å²) in [5.41, 5.74) is 0. The Morgan fingerprint density at radius 2 is 1.50 bits per heavy atom. The number of ketones is 1. The van der Waals surface area contributed by atoms with Crippen LogP contribution in [0.3, 0.4) is 0 Å². The summed E-state index contributed by atoms with van der Waals surface area (Å²) < 4.78 is 0. The van der Waals surface area contributed by atoms with Crippen molar-refractivity contribution >= 4 is 17.4 Å². The Labute approximate surface area is 91.2 Å². The number of fused-ring (bicyclic) bond motifs is 1. The van der Waals surface area contributed by atoms with E-state index in [1.54, 1.807) is 0 Å². The highest BCUT2D eigenvalue weighted by Crippen LogP contribution is 2.42. The molecule has 0 aromatic carbocycles. The number of halogens is 1. The fraction of sp³-hybridized carbons (Fsp3) is 0.917. The van der Waals surface area contributed by atoms with Crippen LogP contribution in [0.25, 0.3) is 0 Å². The van der Waals surface area contributed by atoms with Crippen molar-refractivity contribution in [1.29, 1.82) is 0 Å². The quantitative estimate of drug-likeness (QED) is 0.564. The van der Waals surface area contributed by atoms with E-state index < -0.39 is 0 Å². The number of alkyl halides is 1. The largest absolute Gasteiger partial charge is 0.298 e. The van der Waals surface area contributed by atoms with E-state index in [9.17, 15) is 4.79 Å². The Morgan fingerprint density at radius 1 is 0.929 bits per heavy atom. The van der Waals surface area contributed by atoms with Gasteiger partial charge < -0.3 is 0 Å². The van der Waals surface area contributed by atoms with E-state index >= 15 is 0 Å².